The van der Waals surface area contributed by atoms with Crippen molar-refractivity contribution < 1.29 is 982 Å². The Labute approximate surface area is 1250 Å². The van der Waals surface area contributed by atoms with Gasteiger partial charge in [-0.25, -0.2) is 0 Å². The molecule has 0 spiro atoms. The van der Waals surface area contributed by atoms with Crippen molar-refractivity contribution in [2.24, 2.45) is 0 Å². The number of hydrogen-bond acceptors (Lipinski definition) is 0. The fourth-order valence-corrected chi connectivity index (χ4v) is 0. The van der Waals surface area contributed by atoms with Crippen molar-refractivity contribution in [1.29, 1.82) is 0 Å². The molecule has 87 nitrogen and oxygen atoms in total. The molecular weight excluding hydrogens is 5820 g/mol. The van der Waals surface area contributed by atoms with E-state index in [2.05, 4.69) is 254 Å². The number of nitrogens with zero attached hydrogens (tertiary/aromatic N) is 9. The summed E-state index contributed by atoms with van der Waals surface area (Å²) < 4.78 is 9.00. The van der Waals surface area contributed by atoms with Gasteiger partial charge in [-0.3, -0.25) is 0 Å². The summed E-state index contributed by atoms with van der Waals surface area (Å²) in [6, 6.07) is 0. The van der Waals surface area contributed by atoms with Gasteiger partial charge in [-0.2, -0.15) is 0 Å². The van der Waals surface area contributed by atoms with Gasteiger partial charge in [0, 0.05) is 550 Å². The predicted molar refractivity (Wildman–Crippen MR) is 511 cm³/mol. The molecule has 14 radical (unpaired) electrons. The molecule has 0 aliphatic rings. The molecule has 0 saturated carbocycles. The molecular formula is C36H266Ge2N9Nb6O78W18+9. The first kappa shape index (κ1) is 1700. The molecule has 0 aromatic rings. The molecule has 149 heavy (non-hydrogen) atoms. The van der Waals surface area contributed by atoms with Crippen molar-refractivity contribution in [2.75, 3.05) is 254 Å². The molecule has 0 amide bonds. The maximum atomic E-state index is 2.12. The Morgan fingerprint density at radius 2 is 0.0604 bits per heavy atom. The molecule has 0 atom stereocenters. The average Bonchev–Trinajstić information content (AvgIpc) is 2.26. The molecule has 0 aromatic carbocycles. The standard InChI is InChI=1S/9C4H12N.2Ge.6Nb.78H2O.18W.H2/c9*1-5(2,3)4;;;;;;;;;;;;;;;;;;;;;;;;;;;;;;;;;;;;;;;;;;;;;;;;;;;;;;;;;;;;;;;;;;;;;;;;;;;;;;;;;;;;;;;;;;;;;;;;;;;;;;;;;/h9*1-4H3;;;;;;;;;78*1H2;;;;;;;;;;;;;;;;;;;1H/q9*+1;;;;;;;;;;;;;;;;;;;;;;;;;;;;;;;;;;;;;;;;;;;;;;;;;;;;;;;;;;;;;;;;;;;;;;;;;;;;;;;;;;;;;;;;;;;;;;;;;;;;;;;;;. The minimum Gasteiger partial charge on any atom is -0.412 e. The molecule has 0 aliphatic carbocycles. The summed E-state index contributed by atoms with van der Waals surface area (Å²) in [6.45, 7) is 0. The minimum atomic E-state index is 0. The first-order valence-corrected chi connectivity index (χ1v) is 16.1. The Balaban J connectivity index is -0.000000000798. The first-order chi connectivity index (χ1) is 18.0. The van der Waals surface area contributed by atoms with Crippen molar-refractivity contribution >= 4 is 35.2 Å². The molecule has 0 aromatic heterocycles. The zero-order valence-electron chi connectivity index (χ0n) is 90.1. The van der Waals surface area contributed by atoms with Crippen molar-refractivity contribution in [3.63, 3.8) is 0 Å². The van der Waals surface area contributed by atoms with Crippen LogP contribution in [0.25, 0.3) is 0 Å². The van der Waals surface area contributed by atoms with Gasteiger partial charge in [-0.15, -0.1) is 0 Å². The van der Waals surface area contributed by atoms with E-state index >= 15 is 0 Å². The van der Waals surface area contributed by atoms with Gasteiger partial charge in [0.25, 0.3) is 0 Å². The SMILES string of the molecule is C[N+](C)(C)C.C[N+](C)(C)C.C[N+](C)(C)C.C[N+](C)(C)C.C[N+](C)(C)C.C[N+](C)(C)C.C[N+](C)(C)C.C[N+](C)(C)C.C[N+](C)(C)C.O.O.O.O.O.O.O.O.O.O.O.O.O.O.O.O.O.O.O.O.O.O.O.O.O.O.O.O.O.O.O.O.O.O.O.O.O.O.O.O.O.O.O.O.O.O.O.O.O.O.O.O.O.O.O.O.O.O.O.O.O.O.O.O.O.O.O.O.O.O.O.O.O.O.O.O.O.O.[Ge].[Ge].[HH].[Nb].[Nb].[Nb].[Nb].[Nb].[Nb].[W].[W].[W].[W].[W].[W].[W].[W].[W].[W].[W].[W].[W].[W].[W].[W].[W].[W]. The Hall–Kier alpha value is 14.4. The number of hydrogen-bond donors (Lipinski definition) is 0. The van der Waals surface area contributed by atoms with Crippen LogP contribution in [-0.4, -0.2) is 756 Å². The van der Waals surface area contributed by atoms with Crippen LogP contribution >= 0.6 is 0 Å². The average molecular weight is 6090 g/mol. The van der Waals surface area contributed by atoms with Crippen LogP contribution in [0.2, 0.25) is 0 Å². The smallest absolute Gasteiger partial charge is 0.0675 e. The van der Waals surface area contributed by atoms with Gasteiger partial charge in [0.15, 0.2) is 0 Å². The maximum Gasteiger partial charge on any atom is 0.0675 e. The second kappa shape index (κ2) is 904. The van der Waals surface area contributed by atoms with E-state index in [9.17, 15) is 0 Å². The predicted octanol–water partition coefficient (Wildman–Crippen LogP) is -62.0. The quantitative estimate of drug-likeness (QED) is 0.161. The summed E-state index contributed by atoms with van der Waals surface area (Å²) in [4.78, 5) is 0. The van der Waals surface area contributed by atoms with Crippen molar-refractivity contribution in [3.8, 4) is 0 Å². The third kappa shape index (κ3) is 20100. The largest absolute Gasteiger partial charge is 0.412 e. The topological polar surface area (TPSA) is 2460 Å². The summed E-state index contributed by atoms with van der Waals surface area (Å²) in [5, 5.41) is 0. The van der Waals surface area contributed by atoms with Crippen LogP contribution in [0.1, 0.15) is 1.43 Å². The molecule has 0 bridgehead atoms. The van der Waals surface area contributed by atoms with Crippen LogP contribution in [0, 0.1) is 0 Å². The first-order valence-electron chi connectivity index (χ1n) is 16.1. The van der Waals surface area contributed by atoms with Gasteiger partial charge < -0.3 is 467 Å². The molecule has 0 rings (SSSR count). The van der Waals surface area contributed by atoms with Crippen LogP contribution in [0.3, 0.4) is 0 Å². The molecule has 0 unspecified atom stereocenters. The zero-order chi connectivity index (χ0) is 40.5. The normalized spacial score (nSPS) is 3.62. The summed E-state index contributed by atoms with van der Waals surface area (Å²) in [7, 11) is 76.5. The maximum absolute atomic E-state index is 2.12. The van der Waals surface area contributed by atoms with Crippen LogP contribution in [0.5, 0.6) is 0 Å². The second-order valence-electron chi connectivity index (χ2n) is 24.1. The Morgan fingerprint density at radius 3 is 0.0604 bits per heavy atom. The molecule has 1060 valence electrons. The van der Waals surface area contributed by atoms with Gasteiger partial charge >= 0.3 is 0 Å². The van der Waals surface area contributed by atoms with E-state index in [0.717, 1.165) is 40.3 Å². The second-order valence-corrected chi connectivity index (χ2v) is 24.1. The molecule has 0 aliphatic heterocycles. The summed E-state index contributed by atoms with van der Waals surface area (Å²) >= 11 is 0. The van der Waals surface area contributed by atoms with Crippen LogP contribution in [0.15, 0.2) is 0 Å². The van der Waals surface area contributed by atoms with E-state index in [4.69, 9.17) is 0 Å². The fourth-order valence-electron chi connectivity index (χ4n) is 0. The van der Waals surface area contributed by atoms with E-state index in [-0.39, 0.29) is 977 Å². The molecule has 156 N–H and O–H groups in total. The van der Waals surface area contributed by atoms with E-state index in [1.54, 1.807) is 0 Å². The molecule has 0 fully saturated rings. The fraction of sp³-hybridized carbons (Fsp3) is 1.00. The van der Waals surface area contributed by atoms with Gasteiger partial charge in [-0.05, 0) is 0 Å². The molecule has 0 saturated heterocycles. The Bertz CT molecular complexity index is 598. The zero-order valence-corrected chi connectivity index (χ0v) is 160. The number of quaternary nitrogens is 9. The summed E-state index contributed by atoms with van der Waals surface area (Å²) in [5.74, 6) is 0. The summed E-state index contributed by atoms with van der Waals surface area (Å²) in [6.07, 6.45) is 0. The van der Waals surface area contributed by atoms with E-state index in [1.165, 1.54) is 0 Å². The van der Waals surface area contributed by atoms with Gasteiger partial charge in [0.1, 0.15) is 0 Å². The monoisotopic (exact) mass is 6090 g/mol. The minimum absolute atomic E-state index is 0. The van der Waals surface area contributed by atoms with Crippen molar-refractivity contribution in [2.45, 2.75) is 0 Å². The third-order valence-electron chi connectivity index (χ3n) is 0. The van der Waals surface area contributed by atoms with Gasteiger partial charge in [0.05, 0.1) is 254 Å². The van der Waals surface area contributed by atoms with Crippen molar-refractivity contribution in [3.05, 3.63) is 0 Å². The number of rotatable bonds is 0. The Kier molecular flexibility index (Phi) is 10300. The Morgan fingerprint density at radius 1 is 0.0604 bits per heavy atom. The van der Waals surface area contributed by atoms with E-state index < -0.39 is 0 Å². The summed E-state index contributed by atoms with van der Waals surface area (Å²) in [5.41, 5.74) is 0. The molecule has 0 heterocycles. The van der Waals surface area contributed by atoms with Crippen molar-refractivity contribution in [1.82, 2.24) is 0 Å². The molecule has 113 heteroatoms. The van der Waals surface area contributed by atoms with Crippen LogP contribution in [-0.2, 0) is 513 Å². The van der Waals surface area contributed by atoms with Gasteiger partial charge in [0.2, 0.25) is 0 Å². The van der Waals surface area contributed by atoms with E-state index in [0.29, 0.717) is 0 Å². The third-order valence-corrected chi connectivity index (χ3v) is 0. The van der Waals surface area contributed by atoms with Gasteiger partial charge in [-0.1, -0.05) is 0 Å². The van der Waals surface area contributed by atoms with E-state index in [1.807, 2.05) is 0 Å². The van der Waals surface area contributed by atoms with Crippen LogP contribution < -0.4 is 0 Å². The van der Waals surface area contributed by atoms with Crippen LogP contribution in [0.4, 0.5) is 0 Å².